The van der Waals surface area contributed by atoms with Gasteiger partial charge in [-0.15, -0.1) is 0 Å². The number of ether oxygens (including phenoxy) is 1. The number of halogens is 2. The second-order valence-electron chi connectivity index (χ2n) is 7.62. The lowest BCUT2D eigenvalue weighted by Gasteiger charge is -2.50. The van der Waals surface area contributed by atoms with E-state index in [1.807, 2.05) is 18.2 Å². The SMILES string of the molecule is CN1CCC2(CC1)Oc1ccc(Br)cc1[C@@H]1CC(c3ccccc3Cl)=NN12. The lowest BCUT2D eigenvalue weighted by atomic mass is 9.91. The summed E-state index contributed by atoms with van der Waals surface area (Å²) in [4.78, 5) is 2.36. The summed E-state index contributed by atoms with van der Waals surface area (Å²) >= 11 is 10.1. The van der Waals surface area contributed by atoms with Crippen molar-refractivity contribution >= 4 is 33.2 Å². The zero-order valence-corrected chi connectivity index (χ0v) is 17.5. The molecular weight excluding hydrogens is 426 g/mol. The van der Waals surface area contributed by atoms with Crippen LogP contribution in [0.15, 0.2) is 52.0 Å². The number of rotatable bonds is 1. The fraction of sp³-hybridized carbons (Fsp3) is 0.381. The molecule has 1 saturated heterocycles. The highest BCUT2D eigenvalue weighted by Crippen LogP contribution is 2.50. The van der Waals surface area contributed by atoms with Gasteiger partial charge in [0.05, 0.1) is 11.8 Å². The molecule has 1 spiro atoms. The predicted octanol–water partition coefficient (Wildman–Crippen LogP) is 5.07. The highest BCUT2D eigenvalue weighted by atomic mass is 79.9. The van der Waals surface area contributed by atoms with Gasteiger partial charge in [0.15, 0.2) is 0 Å². The first-order valence-corrected chi connectivity index (χ1v) is 10.5. The summed E-state index contributed by atoms with van der Waals surface area (Å²) in [7, 11) is 2.17. The van der Waals surface area contributed by atoms with Gasteiger partial charge in [-0.05, 0) is 31.3 Å². The van der Waals surface area contributed by atoms with Crippen LogP contribution in [0, 0.1) is 0 Å². The normalized spacial score (nSPS) is 23.6. The number of benzene rings is 2. The van der Waals surface area contributed by atoms with E-state index >= 15 is 0 Å². The number of piperidine rings is 1. The molecule has 0 radical (unpaired) electrons. The van der Waals surface area contributed by atoms with Crippen molar-refractivity contribution in [1.82, 2.24) is 9.91 Å². The minimum absolute atomic E-state index is 0.181. The van der Waals surface area contributed by atoms with Gasteiger partial charge in [0, 0.05) is 53.0 Å². The number of nitrogens with zero attached hydrogens (tertiary/aromatic N) is 3. The molecule has 0 aromatic heterocycles. The number of fused-ring (bicyclic) bond motifs is 4. The van der Waals surface area contributed by atoms with Crippen LogP contribution in [0.1, 0.15) is 36.4 Å². The van der Waals surface area contributed by atoms with Crippen LogP contribution >= 0.6 is 27.5 Å². The lowest BCUT2D eigenvalue weighted by Crippen LogP contribution is -2.58. The quantitative estimate of drug-likeness (QED) is 0.612. The van der Waals surface area contributed by atoms with Crippen molar-refractivity contribution in [3.8, 4) is 5.75 Å². The molecule has 6 heteroatoms. The molecule has 4 nitrogen and oxygen atoms in total. The maximum atomic E-state index is 6.63. The predicted molar refractivity (Wildman–Crippen MR) is 111 cm³/mol. The molecule has 0 bridgehead atoms. The number of hydrazone groups is 1. The first-order chi connectivity index (χ1) is 13.1. The van der Waals surface area contributed by atoms with Gasteiger partial charge in [0.2, 0.25) is 5.72 Å². The van der Waals surface area contributed by atoms with E-state index in [0.29, 0.717) is 0 Å². The van der Waals surface area contributed by atoms with E-state index in [9.17, 15) is 0 Å². The Kier molecular flexibility index (Phi) is 4.22. The highest BCUT2D eigenvalue weighted by Gasteiger charge is 2.51. The number of likely N-dealkylation sites (tertiary alicyclic amines) is 1. The van der Waals surface area contributed by atoms with Crippen molar-refractivity contribution in [2.75, 3.05) is 20.1 Å². The Hall–Kier alpha value is -1.56. The summed E-state index contributed by atoms with van der Waals surface area (Å²) in [5.74, 6) is 0.986. The summed E-state index contributed by atoms with van der Waals surface area (Å²) in [6.07, 6.45) is 2.72. The minimum Gasteiger partial charge on any atom is -0.466 e. The molecule has 2 aromatic carbocycles. The largest absolute Gasteiger partial charge is 0.466 e. The molecule has 3 aliphatic rings. The molecule has 1 fully saturated rings. The third kappa shape index (κ3) is 2.87. The van der Waals surface area contributed by atoms with E-state index in [4.69, 9.17) is 21.4 Å². The van der Waals surface area contributed by atoms with E-state index in [2.05, 4.69) is 57.2 Å². The molecule has 0 aliphatic carbocycles. The van der Waals surface area contributed by atoms with Crippen LogP contribution in [0.2, 0.25) is 5.02 Å². The summed E-state index contributed by atoms with van der Waals surface area (Å²) in [5.41, 5.74) is 2.88. The molecule has 27 heavy (non-hydrogen) atoms. The maximum absolute atomic E-state index is 6.63. The van der Waals surface area contributed by atoms with Gasteiger partial charge >= 0.3 is 0 Å². The Morgan fingerprint density at radius 1 is 1.19 bits per heavy atom. The van der Waals surface area contributed by atoms with Crippen molar-refractivity contribution in [3.05, 3.63) is 63.1 Å². The molecule has 0 N–H and O–H groups in total. The Bertz CT molecular complexity index is 923. The maximum Gasteiger partial charge on any atom is 0.200 e. The molecule has 1 atom stereocenters. The van der Waals surface area contributed by atoms with Gasteiger partial charge in [-0.1, -0.05) is 45.7 Å². The minimum atomic E-state index is -0.374. The highest BCUT2D eigenvalue weighted by molar-refractivity contribution is 9.10. The van der Waals surface area contributed by atoms with E-state index in [1.54, 1.807) is 0 Å². The van der Waals surface area contributed by atoms with E-state index in [0.717, 1.165) is 58.9 Å². The molecule has 5 rings (SSSR count). The monoisotopic (exact) mass is 445 g/mol. The van der Waals surface area contributed by atoms with E-state index < -0.39 is 0 Å². The zero-order valence-electron chi connectivity index (χ0n) is 15.2. The van der Waals surface area contributed by atoms with E-state index in [1.165, 1.54) is 5.56 Å². The van der Waals surface area contributed by atoms with Crippen LogP contribution in [0.5, 0.6) is 5.75 Å². The van der Waals surface area contributed by atoms with Gasteiger partial charge in [-0.25, -0.2) is 5.01 Å². The van der Waals surface area contributed by atoms with Gasteiger partial charge in [-0.3, -0.25) is 0 Å². The third-order valence-electron chi connectivity index (χ3n) is 5.91. The molecule has 0 amide bonds. The molecule has 0 saturated carbocycles. The van der Waals surface area contributed by atoms with Crippen molar-refractivity contribution in [3.63, 3.8) is 0 Å². The van der Waals surface area contributed by atoms with Gasteiger partial charge in [-0.2, -0.15) is 5.10 Å². The van der Waals surface area contributed by atoms with Crippen LogP contribution in [-0.4, -0.2) is 41.5 Å². The van der Waals surface area contributed by atoms with Gasteiger partial charge in [0.25, 0.3) is 0 Å². The van der Waals surface area contributed by atoms with Gasteiger partial charge in [0.1, 0.15) is 5.75 Å². The fourth-order valence-electron chi connectivity index (χ4n) is 4.41. The Balaban J connectivity index is 1.61. The standard InChI is InChI=1S/C21H21BrClN3O/c1-25-10-8-21(9-11-25)26-19(16-12-14(22)6-7-20(16)27-21)13-18(24-26)15-4-2-3-5-17(15)23/h2-7,12,19H,8-11,13H2,1H3/t19-/m0/s1. The van der Waals surface area contributed by atoms with Crippen LogP contribution in [0.4, 0.5) is 0 Å². The van der Waals surface area contributed by atoms with E-state index in [-0.39, 0.29) is 11.8 Å². The van der Waals surface area contributed by atoms with Crippen molar-refractivity contribution in [2.45, 2.75) is 31.0 Å². The molecule has 2 aromatic rings. The summed E-state index contributed by atoms with van der Waals surface area (Å²) in [6.45, 7) is 2.01. The molecule has 3 heterocycles. The smallest absolute Gasteiger partial charge is 0.200 e. The molecule has 3 aliphatic heterocycles. The van der Waals surface area contributed by atoms with Crippen LogP contribution in [0.3, 0.4) is 0 Å². The second kappa shape index (κ2) is 6.50. The van der Waals surface area contributed by atoms with Crippen LogP contribution in [-0.2, 0) is 0 Å². The topological polar surface area (TPSA) is 28.1 Å². The molecule has 140 valence electrons. The Morgan fingerprint density at radius 2 is 1.96 bits per heavy atom. The zero-order chi connectivity index (χ0) is 18.6. The van der Waals surface area contributed by atoms with Gasteiger partial charge < -0.3 is 9.64 Å². The van der Waals surface area contributed by atoms with Crippen molar-refractivity contribution in [2.24, 2.45) is 5.10 Å². The number of hydrogen-bond acceptors (Lipinski definition) is 4. The van der Waals surface area contributed by atoms with Crippen LogP contribution < -0.4 is 4.74 Å². The second-order valence-corrected chi connectivity index (χ2v) is 8.95. The summed E-state index contributed by atoms with van der Waals surface area (Å²) in [5, 5.41) is 8.06. The first kappa shape index (κ1) is 17.5. The molecule has 0 unspecified atom stereocenters. The lowest BCUT2D eigenvalue weighted by molar-refractivity contribution is -0.147. The third-order valence-corrected chi connectivity index (χ3v) is 6.73. The Morgan fingerprint density at radius 3 is 2.74 bits per heavy atom. The summed E-state index contributed by atoms with van der Waals surface area (Å²) in [6, 6.07) is 14.5. The fourth-order valence-corrected chi connectivity index (χ4v) is 5.03. The van der Waals surface area contributed by atoms with Crippen molar-refractivity contribution < 1.29 is 4.74 Å². The number of hydrogen-bond donors (Lipinski definition) is 0. The average Bonchev–Trinajstić information content (AvgIpc) is 3.12. The van der Waals surface area contributed by atoms with Crippen molar-refractivity contribution in [1.29, 1.82) is 0 Å². The Labute approximate surface area is 172 Å². The van der Waals surface area contributed by atoms with Crippen LogP contribution in [0.25, 0.3) is 0 Å². The molecular formula is C21H21BrClN3O. The first-order valence-electron chi connectivity index (χ1n) is 9.34. The average molecular weight is 447 g/mol. The summed E-state index contributed by atoms with van der Waals surface area (Å²) < 4.78 is 7.70.